The first-order valence-corrected chi connectivity index (χ1v) is 20.0. The molecule has 1 saturated carbocycles. The van der Waals surface area contributed by atoms with Crippen LogP contribution in [0.4, 0.5) is 11.5 Å². The Balaban J connectivity index is 0.754. The number of aliphatic hydroxyl groups is 1. The van der Waals surface area contributed by atoms with Gasteiger partial charge in [0.2, 0.25) is 11.8 Å². The molecule has 5 aromatic rings. The van der Waals surface area contributed by atoms with Gasteiger partial charge in [0, 0.05) is 61.0 Å². The number of rotatable bonds is 7. The number of imide groups is 1. The maximum absolute atomic E-state index is 13.2. The van der Waals surface area contributed by atoms with Crippen molar-refractivity contribution in [1.82, 2.24) is 34.9 Å². The van der Waals surface area contributed by atoms with Crippen LogP contribution in [0.3, 0.4) is 0 Å². The number of nitrogens with zero attached hydrogens (tertiary/aromatic N) is 7. The minimum absolute atomic E-state index is 0.140. The third-order valence-corrected chi connectivity index (χ3v) is 13.0. The van der Waals surface area contributed by atoms with E-state index in [1.54, 1.807) is 6.07 Å². The van der Waals surface area contributed by atoms with Gasteiger partial charge in [0.15, 0.2) is 11.9 Å². The third-order valence-electron chi connectivity index (χ3n) is 13.0. The molecule has 292 valence electrons. The lowest BCUT2D eigenvalue weighted by atomic mass is 9.66. The number of carbonyl (C=O) groups is 3. The van der Waals surface area contributed by atoms with E-state index in [1.165, 1.54) is 11.2 Å². The van der Waals surface area contributed by atoms with Gasteiger partial charge in [0.05, 0.1) is 11.4 Å². The number of likely N-dealkylation sites (tertiary alicyclic amines) is 1. The molecule has 3 saturated heterocycles. The van der Waals surface area contributed by atoms with Crippen molar-refractivity contribution >= 4 is 40.3 Å². The molecular formula is C43H45N9O5. The first-order valence-electron chi connectivity index (χ1n) is 20.0. The van der Waals surface area contributed by atoms with Crippen LogP contribution >= 0.6 is 0 Å². The first kappa shape index (κ1) is 35.5. The predicted molar refractivity (Wildman–Crippen MR) is 212 cm³/mol. The van der Waals surface area contributed by atoms with Crippen LogP contribution in [0.15, 0.2) is 79.1 Å². The van der Waals surface area contributed by atoms with Crippen molar-refractivity contribution in [2.75, 3.05) is 36.8 Å². The molecular weight excluding hydrogens is 723 g/mol. The molecule has 14 heteroatoms. The fourth-order valence-corrected chi connectivity index (χ4v) is 9.91. The second-order valence-corrected chi connectivity index (χ2v) is 16.4. The highest BCUT2D eigenvalue weighted by molar-refractivity contribution is 6.06. The Labute approximate surface area is 329 Å². The predicted octanol–water partition coefficient (Wildman–Crippen LogP) is 5.21. The Kier molecular flexibility index (Phi) is 8.70. The number of nitrogens with two attached hydrogens (primary N) is 1. The van der Waals surface area contributed by atoms with E-state index in [-0.39, 0.29) is 30.7 Å². The molecule has 1 spiro atoms. The largest absolute Gasteiger partial charge is 0.457 e. The molecule has 14 nitrogen and oxygen atoms in total. The van der Waals surface area contributed by atoms with Crippen LogP contribution in [0, 0.1) is 5.41 Å². The number of piperidine rings is 2. The van der Waals surface area contributed by atoms with E-state index in [0.717, 1.165) is 104 Å². The second-order valence-electron chi connectivity index (χ2n) is 16.4. The monoisotopic (exact) mass is 767 g/mol. The highest BCUT2D eigenvalue weighted by atomic mass is 16.5. The number of anilines is 2. The van der Waals surface area contributed by atoms with Crippen LogP contribution in [0.1, 0.15) is 79.6 Å². The first-order chi connectivity index (χ1) is 27.7. The van der Waals surface area contributed by atoms with Crippen LogP contribution in [0.25, 0.3) is 22.3 Å². The average Bonchev–Trinajstić information content (AvgIpc) is 3.73. The third kappa shape index (κ3) is 6.27. The highest BCUT2D eigenvalue weighted by Crippen LogP contribution is 2.49. The number of nitrogens with one attached hydrogen (secondary N) is 1. The van der Waals surface area contributed by atoms with E-state index < -0.39 is 18.2 Å². The van der Waals surface area contributed by atoms with E-state index in [4.69, 9.17) is 15.6 Å². The Morgan fingerprint density at radius 1 is 0.842 bits per heavy atom. The number of aromatic nitrogens is 4. The number of para-hydroxylation sites is 1. The molecule has 2 atom stereocenters. The van der Waals surface area contributed by atoms with Crippen LogP contribution in [0.2, 0.25) is 0 Å². The van der Waals surface area contributed by atoms with E-state index >= 15 is 0 Å². The smallest absolute Gasteiger partial charge is 0.257 e. The van der Waals surface area contributed by atoms with E-state index in [9.17, 15) is 19.5 Å². The fraction of sp³-hybridized carbons (Fsp3) is 0.395. The van der Waals surface area contributed by atoms with Crippen LogP contribution < -0.4 is 20.7 Å². The Morgan fingerprint density at radius 2 is 1.58 bits per heavy atom. The maximum Gasteiger partial charge on any atom is 0.257 e. The van der Waals surface area contributed by atoms with Crippen molar-refractivity contribution in [3.8, 4) is 22.8 Å². The average molecular weight is 768 g/mol. The molecule has 4 fully saturated rings. The zero-order valence-corrected chi connectivity index (χ0v) is 31.6. The van der Waals surface area contributed by atoms with Gasteiger partial charge in [-0.15, -0.1) is 0 Å². The summed E-state index contributed by atoms with van der Waals surface area (Å²) in [5.74, 6) is 0.686. The second kappa shape index (κ2) is 14.0. The van der Waals surface area contributed by atoms with Crippen LogP contribution in [0.5, 0.6) is 11.5 Å². The van der Waals surface area contributed by atoms with Crippen LogP contribution in [-0.4, -0.2) is 90.6 Å². The summed E-state index contributed by atoms with van der Waals surface area (Å²) in [6, 6.07) is 23.1. The molecule has 5 aliphatic rings. The Hall–Kier alpha value is -5.86. The van der Waals surface area contributed by atoms with Crippen LogP contribution in [-0.2, 0) is 9.59 Å². The summed E-state index contributed by atoms with van der Waals surface area (Å²) in [5, 5.41) is 19.4. The quantitative estimate of drug-likeness (QED) is 0.186. The summed E-state index contributed by atoms with van der Waals surface area (Å²) in [4.78, 5) is 52.6. The van der Waals surface area contributed by atoms with Crippen molar-refractivity contribution in [2.45, 2.75) is 75.7 Å². The summed E-state index contributed by atoms with van der Waals surface area (Å²) >= 11 is 0. The number of hydrogen-bond donors (Lipinski definition) is 3. The fourth-order valence-electron chi connectivity index (χ4n) is 9.91. The van der Waals surface area contributed by atoms with Crippen molar-refractivity contribution in [3.05, 3.63) is 90.3 Å². The number of nitrogen functional groups attached to an aromatic ring is 1. The molecule has 4 aliphatic heterocycles. The lowest BCUT2D eigenvalue weighted by molar-refractivity contribution is -0.139. The summed E-state index contributed by atoms with van der Waals surface area (Å²) in [6.45, 7) is 4.01. The molecule has 6 heterocycles. The lowest BCUT2D eigenvalue weighted by Crippen LogP contribution is -2.62. The molecule has 3 amide bonds. The van der Waals surface area contributed by atoms with Crippen molar-refractivity contribution in [2.24, 2.45) is 5.41 Å². The summed E-state index contributed by atoms with van der Waals surface area (Å²) in [5.41, 5.74) is 11.2. The lowest BCUT2D eigenvalue weighted by Gasteiger charge is -2.57. The van der Waals surface area contributed by atoms with Gasteiger partial charge in [-0.05, 0) is 105 Å². The van der Waals surface area contributed by atoms with Gasteiger partial charge >= 0.3 is 0 Å². The standard InChI is InChI=1S/C43H45N9O5/c44-38-36-37(26-6-9-31(10-7-26)57-30-4-2-1-3-5-30)48-52(39(36)46-25-45-38)28-14-18-43(19-15-28)23-50(24-43)27-16-20-49(21-17-27)29-8-11-32-33(22-29)42(56)51(41(32)55)34-12-13-35(53)47-40(34)54/h1-11,22,25,27-28,34,42,56H,12-21,23-24H2,(H2,44,45,46)(H,47,53,54). The van der Waals surface area contributed by atoms with E-state index in [1.807, 2.05) is 66.7 Å². The van der Waals surface area contributed by atoms with Gasteiger partial charge in [-0.2, -0.15) is 5.10 Å². The van der Waals surface area contributed by atoms with E-state index in [2.05, 4.69) is 29.8 Å². The van der Waals surface area contributed by atoms with Gasteiger partial charge in [-0.25, -0.2) is 14.6 Å². The molecule has 2 aromatic heterocycles. The Bertz CT molecular complexity index is 2360. The van der Waals surface area contributed by atoms with Gasteiger partial charge in [-0.1, -0.05) is 18.2 Å². The van der Waals surface area contributed by atoms with Crippen molar-refractivity contribution in [1.29, 1.82) is 0 Å². The van der Waals surface area contributed by atoms with Gasteiger partial charge in [-0.3, -0.25) is 29.5 Å². The molecule has 4 N–H and O–H groups in total. The molecule has 0 bridgehead atoms. The molecule has 1 aliphatic carbocycles. The number of hydrogen-bond acceptors (Lipinski definition) is 11. The number of aliphatic hydroxyl groups excluding tert-OH is 1. The SMILES string of the molecule is Nc1ncnc2c1c(-c1ccc(Oc3ccccc3)cc1)nn2C1CCC2(CC1)CN(C1CCN(c3ccc4c(c3)C(O)N(C3CCC(=O)NC3=O)C4=O)CC1)C2. The molecule has 2 unspecified atom stereocenters. The number of amides is 3. The topological polar surface area (TPSA) is 172 Å². The molecule has 10 rings (SSSR count). The number of carbonyl (C=O) groups excluding carboxylic acids is 3. The summed E-state index contributed by atoms with van der Waals surface area (Å²) in [7, 11) is 0. The van der Waals surface area contributed by atoms with Crippen molar-refractivity contribution in [3.63, 3.8) is 0 Å². The maximum atomic E-state index is 13.2. The molecule has 57 heavy (non-hydrogen) atoms. The van der Waals surface area contributed by atoms with Gasteiger partial charge in [0.1, 0.15) is 35.4 Å². The number of fused-ring (bicyclic) bond motifs is 2. The zero-order valence-electron chi connectivity index (χ0n) is 31.6. The molecule has 3 aromatic carbocycles. The minimum atomic E-state index is -1.22. The van der Waals surface area contributed by atoms with E-state index in [0.29, 0.717) is 28.4 Å². The summed E-state index contributed by atoms with van der Waals surface area (Å²) < 4.78 is 8.11. The van der Waals surface area contributed by atoms with Gasteiger partial charge in [0.25, 0.3) is 5.91 Å². The van der Waals surface area contributed by atoms with Crippen molar-refractivity contribution < 1.29 is 24.2 Å². The normalized spacial score (nSPS) is 22.9. The molecule has 0 radical (unpaired) electrons. The minimum Gasteiger partial charge on any atom is -0.457 e. The number of benzene rings is 3. The Morgan fingerprint density at radius 3 is 2.32 bits per heavy atom. The zero-order chi connectivity index (χ0) is 38.8. The van der Waals surface area contributed by atoms with Gasteiger partial charge < -0.3 is 20.5 Å². The highest BCUT2D eigenvalue weighted by Gasteiger charge is 2.48. The summed E-state index contributed by atoms with van der Waals surface area (Å²) in [6.07, 6.45) is 7.08. The number of ether oxygens (including phenoxy) is 1.